The number of pyridine rings is 1. The second-order valence-corrected chi connectivity index (χ2v) is 7.20. The molecule has 29 heavy (non-hydrogen) atoms. The van der Waals surface area contributed by atoms with E-state index in [4.69, 9.17) is 5.11 Å². The lowest BCUT2D eigenvalue weighted by Crippen LogP contribution is -2.18. The Labute approximate surface area is 168 Å². The van der Waals surface area contributed by atoms with Gasteiger partial charge in [-0.3, -0.25) is 9.88 Å². The third kappa shape index (κ3) is 4.67. The summed E-state index contributed by atoms with van der Waals surface area (Å²) in [4.78, 5) is 14.5. The van der Waals surface area contributed by atoms with E-state index in [0.29, 0.717) is 18.5 Å². The zero-order valence-electron chi connectivity index (χ0n) is 16.3. The Balaban J connectivity index is 1.41. The summed E-state index contributed by atoms with van der Waals surface area (Å²) in [7, 11) is 2.03. The van der Waals surface area contributed by atoms with E-state index in [1.54, 1.807) is 6.07 Å². The van der Waals surface area contributed by atoms with Crippen LogP contribution in [0.15, 0.2) is 60.7 Å². The van der Waals surface area contributed by atoms with Crippen molar-refractivity contribution < 1.29 is 9.50 Å². The van der Waals surface area contributed by atoms with Crippen LogP contribution in [0.5, 0.6) is 0 Å². The molecule has 0 radical (unpaired) electrons. The predicted molar refractivity (Wildman–Crippen MR) is 112 cm³/mol. The maximum absolute atomic E-state index is 13.3. The van der Waals surface area contributed by atoms with Gasteiger partial charge in [-0.05, 0) is 42.9 Å². The van der Waals surface area contributed by atoms with Crippen molar-refractivity contribution in [3.8, 4) is 11.3 Å². The van der Waals surface area contributed by atoms with E-state index in [9.17, 15) is 4.39 Å². The third-order valence-electron chi connectivity index (χ3n) is 4.79. The monoisotopic (exact) mass is 390 g/mol. The normalized spacial score (nSPS) is 11.4. The van der Waals surface area contributed by atoms with Crippen LogP contribution in [0.2, 0.25) is 0 Å². The summed E-state index contributed by atoms with van der Waals surface area (Å²) < 4.78 is 13.3. The van der Waals surface area contributed by atoms with Crippen molar-refractivity contribution in [1.29, 1.82) is 0 Å². The fourth-order valence-corrected chi connectivity index (χ4v) is 3.41. The summed E-state index contributed by atoms with van der Waals surface area (Å²) in [6.07, 6.45) is 0.561. The van der Waals surface area contributed by atoms with E-state index in [1.165, 1.54) is 17.7 Å². The van der Waals surface area contributed by atoms with Crippen LogP contribution in [-0.2, 0) is 19.5 Å². The van der Waals surface area contributed by atoms with E-state index in [1.807, 2.05) is 25.2 Å². The van der Waals surface area contributed by atoms with Crippen molar-refractivity contribution >= 4 is 11.0 Å². The molecule has 0 saturated carbocycles. The molecular weight excluding hydrogens is 367 g/mol. The number of benzene rings is 2. The average Bonchev–Trinajstić information content (AvgIpc) is 3.10. The van der Waals surface area contributed by atoms with Gasteiger partial charge in [-0.15, -0.1) is 0 Å². The highest BCUT2D eigenvalue weighted by atomic mass is 19.1. The highest BCUT2D eigenvalue weighted by molar-refractivity contribution is 5.74. The zero-order chi connectivity index (χ0) is 20.2. The Morgan fingerprint density at radius 2 is 1.83 bits per heavy atom. The van der Waals surface area contributed by atoms with Crippen molar-refractivity contribution in [1.82, 2.24) is 19.9 Å². The number of nitrogens with one attached hydrogen (secondary N) is 1. The Kier molecular flexibility index (Phi) is 5.64. The number of aromatic nitrogens is 3. The number of aliphatic hydroxyl groups is 1. The van der Waals surface area contributed by atoms with Crippen LogP contribution in [0.25, 0.3) is 22.3 Å². The highest BCUT2D eigenvalue weighted by Gasteiger charge is 2.08. The van der Waals surface area contributed by atoms with Crippen LogP contribution < -0.4 is 0 Å². The lowest BCUT2D eigenvalue weighted by atomic mass is 10.1. The van der Waals surface area contributed by atoms with Gasteiger partial charge < -0.3 is 10.1 Å². The van der Waals surface area contributed by atoms with Gasteiger partial charge in [0.1, 0.15) is 11.6 Å². The van der Waals surface area contributed by atoms with Crippen molar-refractivity contribution in [2.75, 3.05) is 13.7 Å². The number of aromatic amines is 1. The number of hydrogen-bond donors (Lipinski definition) is 2. The van der Waals surface area contributed by atoms with Crippen molar-refractivity contribution in [2.45, 2.75) is 19.5 Å². The lowest BCUT2D eigenvalue weighted by Gasteiger charge is -2.15. The summed E-state index contributed by atoms with van der Waals surface area (Å²) in [6.45, 7) is 1.51. The summed E-state index contributed by atoms with van der Waals surface area (Å²) in [5, 5.41) is 9.09. The first-order valence-corrected chi connectivity index (χ1v) is 9.59. The number of nitrogens with zero attached hydrogens (tertiary/aromatic N) is 3. The summed E-state index contributed by atoms with van der Waals surface area (Å²) in [6, 6.07) is 18.8. The van der Waals surface area contributed by atoms with Gasteiger partial charge in [0.15, 0.2) is 0 Å². The minimum atomic E-state index is -0.266. The molecule has 4 rings (SSSR count). The molecule has 0 aliphatic rings. The summed E-state index contributed by atoms with van der Waals surface area (Å²) >= 11 is 0. The molecule has 0 bridgehead atoms. The predicted octanol–water partition coefficient (Wildman–Crippen LogP) is 3.93. The molecule has 2 heterocycles. The fourth-order valence-electron chi connectivity index (χ4n) is 3.41. The first kappa shape index (κ1) is 19.2. The van der Waals surface area contributed by atoms with E-state index in [-0.39, 0.29) is 12.4 Å². The Morgan fingerprint density at radius 3 is 2.62 bits per heavy atom. The van der Waals surface area contributed by atoms with Gasteiger partial charge in [0.25, 0.3) is 0 Å². The first-order valence-electron chi connectivity index (χ1n) is 9.59. The number of halogens is 1. The number of rotatable bonds is 7. The van der Waals surface area contributed by atoms with E-state index in [0.717, 1.165) is 34.8 Å². The molecule has 2 N–H and O–H groups in total. The molecule has 0 saturated heterocycles. The van der Waals surface area contributed by atoms with Crippen LogP contribution in [-0.4, -0.2) is 38.6 Å². The number of aliphatic hydroxyl groups excluding tert-OH is 1. The van der Waals surface area contributed by atoms with Crippen LogP contribution in [0, 0.1) is 5.82 Å². The van der Waals surface area contributed by atoms with Gasteiger partial charge in [0.2, 0.25) is 0 Å². The standard InChI is InChI=1S/C23H23FN4O/c1-28(15-23-26-21-10-9-18(24)13-22(21)27-23)14-16-5-7-17(8-6-16)20-4-2-3-19(25-20)11-12-29/h2-10,13,29H,11-12,14-15H2,1H3,(H,26,27). The van der Waals surface area contributed by atoms with Gasteiger partial charge in [0.05, 0.1) is 23.3 Å². The number of H-pyrrole nitrogens is 1. The number of imidazole rings is 1. The van der Waals surface area contributed by atoms with E-state index < -0.39 is 0 Å². The second kappa shape index (κ2) is 8.51. The minimum absolute atomic E-state index is 0.0991. The van der Waals surface area contributed by atoms with E-state index >= 15 is 0 Å². The van der Waals surface area contributed by atoms with Gasteiger partial charge >= 0.3 is 0 Å². The van der Waals surface area contributed by atoms with Gasteiger partial charge in [-0.1, -0.05) is 30.3 Å². The molecule has 0 spiro atoms. The smallest absolute Gasteiger partial charge is 0.125 e. The molecule has 6 heteroatoms. The average molecular weight is 390 g/mol. The topological polar surface area (TPSA) is 65.0 Å². The van der Waals surface area contributed by atoms with Crippen LogP contribution in [0.3, 0.4) is 0 Å². The van der Waals surface area contributed by atoms with Crippen molar-refractivity contribution in [3.63, 3.8) is 0 Å². The number of hydrogen-bond acceptors (Lipinski definition) is 4. The van der Waals surface area contributed by atoms with Gasteiger partial charge in [0, 0.05) is 30.8 Å². The third-order valence-corrected chi connectivity index (χ3v) is 4.79. The molecule has 0 aliphatic heterocycles. The van der Waals surface area contributed by atoms with Gasteiger partial charge in [-0.25, -0.2) is 9.37 Å². The minimum Gasteiger partial charge on any atom is -0.396 e. The second-order valence-electron chi connectivity index (χ2n) is 7.20. The molecule has 4 aromatic rings. The van der Waals surface area contributed by atoms with Crippen molar-refractivity contribution in [3.05, 3.63) is 83.6 Å². The van der Waals surface area contributed by atoms with Gasteiger partial charge in [-0.2, -0.15) is 0 Å². The molecule has 0 amide bonds. The SMILES string of the molecule is CN(Cc1ccc(-c2cccc(CCO)n2)cc1)Cc1nc2ccc(F)cc2[nH]1. The van der Waals surface area contributed by atoms with Crippen LogP contribution in [0.1, 0.15) is 17.1 Å². The number of fused-ring (bicyclic) bond motifs is 1. The summed E-state index contributed by atoms with van der Waals surface area (Å²) in [5.41, 5.74) is 5.52. The Bertz CT molecular complexity index is 1110. The van der Waals surface area contributed by atoms with Crippen LogP contribution in [0.4, 0.5) is 4.39 Å². The zero-order valence-corrected chi connectivity index (χ0v) is 16.3. The molecule has 0 atom stereocenters. The maximum atomic E-state index is 13.3. The quantitative estimate of drug-likeness (QED) is 0.502. The lowest BCUT2D eigenvalue weighted by molar-refractivity contribution is 0.298. The molecular formula is C23H23FN4O. The van der Waals surface area contributed by atoms with Crippen LogP contribution >= 0.6 is 0 Å². The summed E-state index contributed by atoms with van der Waals surface area (Å²) in [5.74, 6) is 0.548. The van der Waals surface area contributed by atoms with Crippen molar-refractivity contribution in [2.24, 2.45) is 0 Å². The first-order chi connectivity index (χ1) is 14.1. The highest BCUT2D eigenvalue weighted by Crippen LogP contribution is 2.19. The van der Waals surface area contributed by atoms with E-state index in [2.05, 4.69) is 44.1 Å². The molecule has 2 aromatic carbocycles. The molecule has 5 nitrogen and oxygen atoms in total. The fraction of sp³-hybridized carbons (Fsp3) is 0.217. The molecule has 0 fully saturated rings. The Hall–Kier alpha value is -3.09. The Morgan fingerprint density at radius 1 is 1.00 bits per heavy atom. The molecule has 148 valence electrons. The molecule has 0 aliphatic carbocycles. The largest absolute Gasteiger partial charge is 0.396 e. The maximum Gasteiger partial charge on any atom is 0.125 e. The molecule has 2 aromatic heterocycles. The molecule has 0 unspecified atom stereocenters.